The minimum Gasteiger partial charge on any atom is -0.504 e. The molecule has 2 saturated heterocycles. The molecule has 1 aromatic rings. The van der Waals surface area contributed by atoms with Gasteiger partial charge in [-0.05, 0) is 17.7 Å². The lowest BCUT2D eigenvalue weighted by atomic mass is 10.2. The summed E-state index contributed by atoms with van der Waals surface area (Å²) >= 11 is 1.27. The average molecular weight is 366 g/mol. The molecule has 2 fully saturated rings. The largest absolute Gasteiger partial charge is 0.504 e. The van der Waals surface area contributed by atoms with Crippen LogP contribution in [0.4, 0.5) is 4.79 Å². The lowest BCUT2D eigenvalue weighted by Gasteiger charge is -2.30. The van der Waals surface area contributed by atoms with Crippen molar-refractivity contribution in [1.82, 2.24) is 21.1 Å². The van der Waals surface area contributed by atoms with E-state index in [-0.39, 0.29) is 23.2 Å². The molecule has 2 aliphatic rings. The van der Waals surface area contributed by atoms with E-state index in [1.165, 1.54) is 24.9 Å². The number of barbiturate groups is 1. The first kappa shape index (κ1) is 17.0. The van der Waals surface area contributed by atoms with Gasteiger partial charge < -0.3 is 9.84 Å². The van der Waals surface area contributed by atoms with E-state index in [2.05, 4.69) is 5.43 Å². The number of rotatable bonds is 4. The number of amides is 5. The molecule has 0 saturated carbocycles. The van der Waals surface area contributed by atoms with Gasteiger partial charge in [-0.15, -0.1) is 11.8 Å². The molecule has 5 amide bonds. The molecule has 0 spiro atoms. The Kier molecular flexibility index (Phi) is 4.51. The molecular formula is C14H14N4O6S. The van der Waals surface area contributed by atoms with Gasteiger partial charge in [0.2, 0.25) is 5.91 Å². The molecule has 0 aliphatic carbocycles. The number of imide groups is 2. The van der Waals surface area contributed by atoms with Crippen LogP contribution in [0.1, 0.15) is 10.9 Å². The molecule has 2 heterocycles. The highest BCUT2D eigenvalue weighted by Gasteiger charge is 2.41. The highest BCUT2D eigenvalue weighted by Crippen LogP contribution is 2.40. The van der Waals surface area contributed by atoms with Gasteiger partial charge >= 0.3 is 6.03 Å². The first-order valence-electron chi connectivity index (χ1n) is 7.13. The fourth-order valence-electron chi connectivity index (χ4n) is 2.43. The Bertz CT molecular complexity index is 750. The number of urea groups is 1. The predicted octanol–water partition coefficient (Wildman–Crippen LogP) is -0.786. The van der Waals surface area contributed by atoms with Gasteiger partial charge in [-0.2, -0.15) is 0 Å². The van der Waals surface area contributed by atoms with Gasteiger partial charge in [0.15, 0.2) is 17.5 Å². The molecule has 1 aromatic carbocycles. The number of hydrazine groups is 1. The predicted molar refractivity (Wildman–Crippen MR) is 85.3 cm³/mol. The van der Waals surface area contributed by atoms with Gasteiger partial charge in [-0.1, -0.05) is 6.07 Å². The Morgan fingerprint density at radius 1 is 1.24 bits per heavy atom. The summed E-state index contributed by atoms with van der Waals surface area (Å²) in [7, 11) is 1.40. The molecular weight excluding hydrogens is 352 g/mol. The summed E-state index contributed by atoms with van der Waals surface area (Å²) in [6.07, 6.45) is 0. The number of carbonyl (C=O) groups is 4. The van der Waals surface area contributed by atoms with Gasteiger partial charge in [0, 0.05) is 0 Å². The normalized spacial score (nSPS) is 21.3. The number of hydrogen-bond donors (Lipinski definition) is 4. The quantitative estimate of drug-likeness (QED) is 0.509. The van der Waals surface area contributed by atoms with Crippen molar-refractivity contribution in [2.24, 2.45) is 0 Å². The number of phenolic OH excluding ortho intramolecular Hbond substituents is 1. The monoisotopic (exact) mass is 366 g/mol. The van der Waals surface area contributed by atoms with Crippen molar-refractivity contribution in [3.8, 4) is 11.5 Å². The van der Waals surface area contributed by atoms with E-state index >= 15 is 0 Å². The Hall–Kier alpha value is -2.79. The maximum atomic E-state index is 12.2. The van der Waals surface area contributed by atoms with E-state index in [0.29, 0.717) is 5.56 Å². The van der Waals surface area contributed by atoms with Crippen LogP contribution in [0.25, 0.3) is 0 Å². The summed E-state index contributed by atoms with van der Waals surface area (Å²) in [4.78, 5) is 47.0. The van der Waals surface area contributed by atoms with Gasteiger partial charge in [0.1, 0.15) is 5.37 Å². The second kappa shape index (κ2) is 6.61. The zero-order valence-corrected chi connectivity index (χ0v) is 13.8. The number of aromatic hydroxyl groups is 1. The Morgan fingerprint density at radius 3 is 2.56 bits per heavy atom. The molecule has 1 unspecified atom stereocenters. The fraction of sp³-hybridized carbons (Fsp3) is 0.286. The average Bonchev–Trinajstić information content (AvgIpc) is 2.92. The number of methoxy groups -OCH3 is 1. The van der Waals surface area contributed by atoms with Crippen LogP contribution in [0, 0.1) is 0 Å². The number of hydrogen-bond acceptors (Lipinski definition) is 8. The van der Waals surface area contributed by atoms with E-state index in [4.69, 9.17) is 4.74 Å². The summed E-state index contributed by atoms with van der Waals surface area (Å²) in [5.41, 5.74) is 3.20. The number of ether oxygens (including phenoxy) is 1. The van der Waals surface area contributed by atoms with Crippen LogP contribution in [0.2, 0.25) is 0 Å². The first-order chi connectivity index (χ1) is 11.9. The van der Waals surface area contributed by atoms with E-state index in [9.17, 15) is 24.3 Å². The van der Waals surface area contributed by atoms with Crippen molar-refractivity contribution in [3.63, 3.8) is 0 Å². The fourth-order valence-corrected chi connectivity index (χ4v) is 3.54. The van der Waals surface area contributed by atoms with Crippen molar-refractivity contribution in [2.45, 2.75) is 11.4 Å². The van der Waals surface area contributed by atoms with Crippen molar-refractivity contribution in [1.29, 1.82) is 0 Å². The Morgan fingerprint density at radius 2 is 1.92 bits per heavy atom. The number of nitrogens with zero attached hydrogens (tertiary/aromatic N) is 1. The zero-order valence-electron chi connectivity index (χ0n) is 12.9. The number of nitrogens with one attached hydrogen (secondary N) is 3. The molecule has 11 heteroatoms. The maximum absolute atomic E-state index is 12.2. The second-order valence-corrected chi connectivity index (χ2v) is 6.30. The third-order valence-electron chi connectivity index (χ3n) is 3.62. The molecule has 3 rings (SSSR count). The molecule has 132 valence electrons. The van der Waals surface area contributed by atoms with E-state index in [0.717, 1.165) is 5.01 Å². The zero-order chi connectivity index (χ0) is 18.1. The molecule has 25 heavy (non-hydrogen) atoms. The molecule has 2 aliphatic heterocycles. The smallest absolute Gasteiger partial charge is 0.328 e. The van der Waals surface area contributed by atoms with Crippen molar-refractivity contribution >= 4 is 35.5 Å². The minimum atomic E-state index is -1.41. The summed E-state index contributed by atoms with van der Waals surface area (Å²) < 4.78 is 5.05. The van der Waals surface area contributed by atoms with Crippen LogP contribution >= 0.6 is 11.8 Å². The first-order valence-corrected chi connectivity index (χ1v) is 8.18. The third-order valence-corrected chi connectivity index (χ3v) is 4.84. The van der Waals surface area contributed by atoms with Crippen molar-refractivity contribution in [2.75, 3.05) is 12.9 Å². The number of benzene rings is 1. The molecule has 0 radical (unpaired) electrons. The lowest BCUT2D eigenvalue weighted by Crippen LogP contribution is -2.66. The maximum Gasteiger partial charge on any atom is 0.328 e. The van der Waals surface area contributed by atoms with E-state index < -0.39 is 29.3 Å². The van der Waals surface area contributed by atoms with Gasteiger partial charge in [-0.25, -0.2) is 10.2 Å². The second-order valence-electron chi connectivity index (χ2n) is 5.23. The third kappa shape index (κ3) is 3.23. The highest BCUT2D eigenvalue weighted by atomic mass is 32.2. The summed E-state index contributed by atoms with van der Waals surface area (Å²) in [6.45, 7) is 0. The van der Waals surface area contributed by atoms with Gasteiger partial charge in [0.25, 0.3) is 11.8 Å². The number of thioether (sulfide) groups is 1. The van der Waals surface area contributed by atoms with Gasteiger partial charge in [0.05, 0.1) is 12.9 Å². The van der Waals surface area contributed by atoms with Crippen molar-refractivity contribution in [3.05, 3.63) is 23.8 Å². The van der Waals surface area contributed by atoms with Crippen LogP contribution in [-0.4, -0.2) is 52.8 Å². The number of carbonyl (C=O) groups excluding carboxylic acids is 4. The lowest BCUT2D eigenvalue weighted by molar-refractivity contribution is -0.139. The van der Waals surface area contributed by atoms with Crippen LogP contribution in [0.3, 0.4) is 0 Å². The van der Waals surface area contributed by atoms with Crippen LogP contribution in [0.5, 0.6) is 11.5 Å². The van der Waals surface area contributed by atoms with E-state index in [1.54, 1.807) is 12.1 Å². The minimum absolute atomic E-state index is 0.0513. The Labute approximate surface area is 145 Å². The Balaban J connectivity index is 1.84. The molecule has 4 N–H and O–H groups in total. The van der Waals surface area contributed by atoms with Gasteiger partial charge in [-0.3, -0.25) is 30.0 Å². The molecule has 10 nitrogen and oxygen atoms in total. The van der Waals surface area contributed by atoms with Crippen LogP contribution < -0.4 is 20.8 Å². The molecule has 0 bridgehead atoms. The topological polar surface area (TPSA) is 137 Å². The molecule has 0 aromatic heterocycles. The number of phenols is 1. The van der Waals surface area contributed by atoms with E-state index in [1.807, 2.05) is 10.6 Å². The van der Waals surface area contributed by atoms with Crippen molar-refractivity contribution < 1.29 is 29.0 Å². The summed E-state index contributed by atoms with van der Waals surface area (Å²) in [5, 5.41) is 14.2. The van der Waals surface area contributed by atoms with Crippen LogP contribution in [0.15, 0.2) is 18.2 Å². The molecule has 1 atom stereocenters. The standard InChI is InChI=1S/C14H14N4O6S/c1-24-8-4-6(2-3-7(8)19)13-18(9(20)5-25-13)17-10-11(21)15-14(23)16-12(10)22/h2-4,10,13,17,19H,5H2,1H3,(H2,15,16,21,22,23). The summed E-state index contributed by atoms with van der Waals surface area (Å²) in [6, 6.07) is 2.27. The highest BCUT2D eigenvalue weighted by molar-refractivity contribution is 8.00. The van der Waals surface area contributed by atoms with Crippen LogP contribution in [-0.2, 0) is 14.4 Å². The SMILES string of the molecule is COc1cc(C2SCC(=O)N2NC2C(=O)NC(=O)NC2=O)ccc1O. The summed E-state index contributed by atoms with van der Waals surface area (Å²) in [5.74, 6) is -1.71.